The third-order valence-electron chi connectivity index (χ3n) is 2.75. The summed E-state index contributed by atoms with van der Waals surface area (Å²) in [5.41, 5.74) is 1.32. The lowest BCUT2D eigenvalue weighted by molar-refractivity contribution is 0.728. The van der Waals surface area contributed by atoms with E-state index >= 15 is 0 Å². The Bertz CT molecular complexity index is 350. The van der Waals surface area contributed by atoms with Crippen molar-refractivity contribution in [2.45, 2.75) is 39.0 Å². The summed E-state index contributed by atoms with van der Waals surface area (Å²) in [7, 11) is 0. The molecule has 0 heterocycles. The van der Waals surface area contributed by atoms with Gasteiger partial charge in [0.25, 0.3) is 0 Å². The van der Waals surface area contributed by atoms with Crippen LogP contribution in [0.1, 0.15) is 44.6 Å². The zero-order valence-corrected chi connectivity index (χ0v) is 10.9. The Kier molecular flexibility index (Phi) is 7.01. The average molecular weight is 230 g/mol. The zero-order valence-electron chi connectivity index (χ0n) is 10.9. The maximum Gasteiger partial charge on any atom is 0.0892 e. The molecule has 0 saturated heterocycles. The highest BCUT2D eigenvalue weighted by Crippen LogP contribution is 2.13. The first kappa shape index (κ1) is 13.7. The Morgan fingerprint density at radius 1 is 1.12 bits per heavy atom. The van der Waals surface area contributed by atoms with Gasteiger partial charge >= 0.3 is 0 Å². The summed E-state index contributed by atoms with van der Waals surface area (Å²) < 4.78 is 0. The van der Waals surface area contributed by atoms with E-state index in [4.69, 9.17) is 0 Å². The van der Waals surface area contributed by atoms with Gasteiger partial charge in [-0.1, -0.05) is 57.0 Å². The normalized spacial score (nSPS) is 11.6. The highest BCUT2D eigenvalue weighted by molar-refractivity contribution is 5.41. The summed E-state index contributed by atoms with van der Waals surface area (Å²) in [6.07, 6.45) is 3.62. The fourth-order valence-electron chi connectivity index (χ4n) is 1.61. The second-order valence-corrected chi connectivity index (χ2v) is 4.34. The summed E-state index contributed by atoms with van der Waals surface area (Å²) in [5.74, 6) is 0.439. The van der Waals surface area contributed by atoms with Crippen LogP contribution in [0.2, 0.25) is 0 Å². The second-order valence-electron chi connectivity index (χ2n) is 4.34. The molecule has 0 aliphatic rings. The quantitative estimate of drug-likeness (QED) is 0.496. The molecule has 0 saturated carbocycles. The average Bonchev–Trinajstić information content (AvgIpc) is 2.38. The lowest BCUT2D eigenvalue weighted by Crippen LogP contribution is -1.96. The monoisotopic (exact) mass is 230 g/mol. The first-order chi connectivity index (χ1) is 8.34. The molecule has 0 radical (unpaired) electrons. The van der Waals surface area contributed by atoms with Crippen LogP contribution < -0.4 is 0 Å². The molecule has 0 N–H and O–H groups in total. The van der Waals surface area contributed by atoms with Crippen LogP contribution in [0.25, 0.3) is 0 Å². The van der Waals surface area contributed by atoms with Crippen molar-refractivity contribution in [2.75, 3.05) is 13.1 Å². The number of rotatable bonds is 7. The van der Waals surface area contributed by atoms with Crippen molar-refractivity contribution in [1.82, 2.24) is 0 Å². The standard InChI is InChI=1S/C15H22N2/c1-3-4-8-11-16-13-17-12-14(2)15-9-6-5-7-10-15/h5-7,9-10,14H,3-4,8,11-12H2,1-2H3. The van der Waals surface area contributed by atoms with E-state index in [9.17, 15) is 0 Å². The number of hydrogen-bond donors (Lipinski definition) is 0. The maximum absolute atomic E-state index is 4.23. The van der Waals surface area contributed by atoms with Crippen LogP contribution in [0.15, 0.2) is 40.3 Å². The smallest absolute Gasteiger partial charge is 0.0892 e. The van der Waals surface area contributed by atoms with Gasteiger partial charge in [-0.25, -0.2) is 9.98 Å². The second kappa shape index (κ2) is 8.72. The van der Waals surface area contributed by atoms with Gasteiger partial charge in [0.15, 0.2) is 0 Å². The van der Waals surface area contributed by atoms with Gasteiger partial charge in [0, 0.05) is 12.5 Å². The molecule has 0 aliphatic heterocycles. The topological polar surface area (TPSA) is 24.7 Å². The molecule has 0 amide bonds. The molecule has 0 spiro atoms. The largest absolute Gasteiger partial charge is 0.226 e. The van der Waals surface area contributed by atoms with E-state index in [1.165, 1.54) is 18.4 Å². The molecular weight excluding hydrogens is 208 g/mol. The molecule has 1 atom stereocenters. The molecule has 2 nitrogen and oxygen atoms in total. The Labute approximate surface area is 105 Å². The number of hydrogen-bond acceptors (Lipinski definition) is 2. The van der Waals surface area contributed by atoms with Crippen LogP contribution in [-0.2, 0) is 0 Å². The summed E-state index contributed by atoms with van der Waals surface area (Å²) >= 11 is 0. The van der Waals surface area contributed by atoms with E-state index in [0.29, 0.717) is 5.92 Å². The lowest BCUT2D eigenvalue weighted by atomic mass is 10.0. The summed E-state index contributed by atoms with van der Waals surface area (Å²) in [6.45, 7) is 6.00. The van der Waals surface area contributed by atoms with Gasteiger partial charge < -0.3 is 0 Å². The highest BCUT2D eigenvalue weighted by Gasteiger charge is 2.01. The molecule has 17 heavy (non-hydrogen) atoms. The van der Waals surface area contributed by atoms with Gasteiger partial charge in [-0.2, -0.15) is 0 Å². The van der Waals surface area contributed by atoms with Crippen LogP contribution in [0.4, 0.5) is 0 Å². The fourth-order valence-corrected chi connectivity index (χ4v) is 1.61. The van der Waals surface area contributed by atoms with E-state index in [1.54, 1.807) is 0 Å². The van der Waals surface area contributed by atoms with E-state index in [0.717, 1.165) is 19.5 Å². The van der Waals surface area contributed by atoms with Crippen molar-refractivity contribution < 1.29 is 0 Å². The molecule has 1 aromatic carbocycles. The van der Waals surface area contributed by atoms with E-state index in [-0.39, 0.29) is 0 Å². The number of unbranched alkanes of at least 4 members (excludes halogenated alkanes) is 2. The minimum atomic E-state index is 0.439. The van der Waals surface area contributed by atoms with Crippen molar-refractivity contribution in [3.63, 3.8) is 0 Å². The Morgan fingerprint density at radius 3 is 2.59 bits per heavy atom. The minimum absolute atomic E-state index is 0.439. The van der Waals surface area contributed by atoms with Gasteiger partial charge in [0.05, 0.1) is 12.6 Å². The van der Waals surface area contributed by atoms with Gasteiger partial charge in [0.1, 0.15) is 0 Å². The van der Waals surface area contributed by atoms with E-state index < -0.39 is 0 Å². The van der Waals surface area contributed by atoms with Crippen molar-refractivity contribution in [2.24, 2.45) is 9.98 Å². The van der Waals surface area contributed by atoms with Gasteiger partial charge in [-0.05, 0) is 12.0 Å². The van der Waals surface area contributed by atoms with Gasteiger partial charge in [-0.15, -0.1) is 0 Å². The molecule has 1 rings (SSSR count). The van der Waals surface area contributed by atoms with Crippen LogP contribution in [-0.4, -0.2) is 19.1 Å². The summed E-state index contributed by atoms with van der Waals surface area (Å²) in [6, 6.07) is 13.2. The maximum atomic E-state index is 4.23. The van der Waals surface area contributed by atoms with Crippen molar-refractivity contribution in [3.05, 3.63) is 35.9 Å². The highest BCUT2D eigenvalue weighted by atomic mass is 14.8. The molecule has 1 aromatic rings. The molecule has 1 unspecified atom stereocenters. The van der Waals surface area contributed by atoms with Crippen molar-refractivity contribution >= 4 is 6.01 Å². The van der Waals surface area contributed by atoms with Crippen molar-refractivity contribution in [3.8, 4) is 0 Å². The predicted molar refractivity (Wildman–Crippen MR) is 74.0 cm³/mol. The van der Waals surface area contributed by atoms with Gasteiger partial charge in [0.2, 0.25) is 0 Å². The molecule has 0 aliphatic carbocycles. The lowest BCUT2D eigenvalue weighted by Gasteiger charge is -2.06. The number of benzene rings is 1. The first-order valence-corrected chi connectivity index (χ1v) is 6.47. The minimum Gasteiger partial charge on any atom is -0.226 e. The van der Waals surface area contributed by atoms with Crippen molar-refractivity contribution in [1.29, 1.82) is 0 Å². The van der Waals surface area contributed by atoms with Crippen LogP contribution >= 0.6 is 0 Å². The number of nitrogens with zero attached hydrogens (tertiary/aromatic N) is 2. The number of aliphatic imine (C=N–C) groups is 2. The van der Waals surface area contributed by atoms with Crippen LogP contribution in [0.3, 0.4) is 0 Å². The Morgan fingerprint density at radius 2 is 1.88 bits per heavy atom. The third kappa shape index (κ3) is 6.03. The van der Waals surface area contributed by atoms with Crippen LogP contribution in [0.5, 0.6) is 0 Å². The Balaban J connectivity index is 2.28. The molecular formula is C15H22N2. The molecule has 0 fully saturated rings. The first-order valence-electron chi connectivity index (χ1n) is 6.47. The third-order valence-corrected chi connectivity index (χ3v) is 2.75. The molecule has 0 aromatic heterocycles. The van der Waals surface area contributed by atoms with Crippen LogP contribution in [0, 0.1) is 0 Å². The molecule has 2 heteroatoms. The summed E-state index contributed by atoms with van der Waals surface area (Å²) in [5, 5.41) is 0. The Hall–Kier alpha value is -1.40. The zero-order chi connectivity index (χ0) is 12.3. The fraction of sp³-hybridized carbons (Fsp3) is 0.533. The van der Waals surface area contributed by atoms with E-state index in [1.807, 2.05) is 6.07 Å². The SMILES string of the molecule is CCCCCN=C=NCC(C)c1ccccc1. The predicted octanol–water partition coefficient (Wildman–Crippen LogP) is 4.15. The molecule has 92 valence electrons. The molecule has 0 bridgehead atoms. The summed E-state index contributed by atoms with van der Waals surface area (Å²) in [4.78, 5) is 8.39. The van der Waals surface area contributed by atoms with E-state index in [2.05, 4.69) is 54.1 Å². The van der Waals surface area contributed by atoms with Gasteiger partial charge in [-0.3, -0.25) is 0 Å².